The van der Waals surface area contributed by atoms with Gasteiger partial charge in [0, 0.05) is 36.3 Å². The molecule has 2 fully saturated rings. The molecule has 1 aliphatic carbocycles. The predicted octanol–water partition coefficient (Wildman–Crippen LogP) is 2.66. The summed E-state index contributed by atoms with van der Waals surface area (Å²) in [7, 11) is 0. The number of amides is 2. The van der Waals surface area contributed by atoms with E-state index in [9.17, 15) is 9.59 Å². The van der Waals surface area contributed by atoms with E-state index in [4.69, 9.17) is 32.3 Å². The smallest absolute Gasteiger partial charge is 0.405 e. The third-order valence-corrected chi connectivity index (χ3v) is 6.21. The molecule has 10 heteroatoms. The third-order valence-electron chi connectivity index (χ3n) is 5.98. The molecule has 1 atom stereocenters. The van der Waals surface area contributed by atoms with E-state index in [0.717, 1.165) is 44.6 Å². The minimum absolute atomic E-state index is 0.00515. The van der Waals surface area contributed by atoms with Gasteiger partial charge in [-0.2, -0.15) is 0 Å². The highest BCUT2D eigenvalue weighted by atomic mass is 35.5. The molecular weight excluding hydrogens is 398 g/mol. The van der Waals surface area contributed by atoms with Crippen molar-refractivity contribution in [2.24, 2.45) is 22.8 Å². The molecule has 4 rings (SSSR count). The van der Waals surface area contributed by atoms with Crippen molar-refractivity contribution in [2.75, 3.05) is 18.0 Å². The molecule has 0 aromatic carbocycles. The Labute approximate surface area is 172 Å². The molecule has 154 valence electrons. The normalized spacial score (nSPS) is 19.6. The summed E-state index contributed by atoms with van der Waals surface area (Å²) in [4.78, 5) is 29.3. The Balaban J connectivity index is 1.40. The summed E-state index contributed by atoms with van der Waals surface area (Å²) in [5, 5.41) is 4.31. The number of hydrogen-bond acceptors (Lipinski definition) is 7. The number of ether oxygens (including phenoxy) is 1. The summed E-state index contributed by atoms with van der Waals surface area (Å²) in [5.74, 6) is 0.522. The molecule has 2 aliphatic rings. The number of nitrogens with zero attached hydrogens (tertiary/aromatic N) is 3. The minimum Gasteiger partial charge on any atom is -0.438 e. The van der Waals surface area contributed by atoms with Crippen molar-refractivity contribution in [2.45, 2.75) is 31.8 Å². The molecule has 1 saturated carbocycles. The van der Waals surface area contributed by atoms with Crippen molar-refractivity contribution in [3.8, 4) is 0 Å². The molecule has 2 aromatic rings. The van der Waals surface area contributed by atoms with Crippen LogP contribution in [0.5, 0.6) is 0 Å². The van der Waals surface area contributed by atoms with Crippen LogP contribution < -0.4 is 16.4 Å². The standard InChI is InChI=1S/C19H22ClN5O4/c20-12-1-4-23-15(7-12)25-5-2-19(3-6-25)9-11(10-19)16(28-18(22)27)14-8-13(17(21)26)24-29-14/h1,4,7-8,11,16H,2-3,5-6,9-10H2,(H2,21,26)(H2,22,27). The number of carbonyl (C=O) groups excluding carboxylic acids is 2. The van der Waals surface area contributed by atoms with Crippen LogP contribution >= 0.6 is 11.6 Å². The van der Waals surface area contributed by atoms with Gasteiger partial charge in [0.15, 0.2) is 17.6 Å². The van der Waals surface area contributed by atoms with Crippen LogP contribution in [0.1, 0.15) is 48.0 Å². The second-order valence-corrected chi connectivity index (χ2v) is 8.26. The van der Waals surface area contributed by atoms with Gasteiger partial charge >= 0.3 is 6.09 Å². The summed E-state index contributed by atoms with van der Waals surface area (Å²) in [6.45, 7) is 1.77. The van der Waals surface area contributed by atoms with Gasteiger partial charge in [-0.15, -0.1) is 0 Å². The van der Waals surface area contributed by atoms with E-state index in [1.165, 1.54) is 6.07 Å². The predicted molar refractivity (Wildman–Crippen MR) is 104 cm³/mol. The average molecular weight is 420 g/mol. The highest BCUT2D eigenvalue weighted by Gasteiger charge is 2.50. The summed E-state index contributed by atoms with van der Waals surface area (Å²) >= 11 is 6.07. The van der Waals surface area contributed by atoms with Crippen molar-refractivity contribution in [1.82, 2.24) is 10.1 Å². The second-order valence-electron chi connectivity index (χ2n) is 7.82. The maximum Gasteiger partial charge on any atom is 0.405 e. The Morgan fingerprint density at radius 2 is 2.00 bits per heavy atom. The van der Waals surface area contributed by atoms with Crippen molar-refractivity contribution in [3.63, 3.8) is 0 Å². The number of pyridine rings is 1. The molecule has 3 heterocycles. The molecule has 9 nitrogen and oxygen atoms in total. The summed E-state index contributed by atoms with van der Waals surface area (Å²) in [5.41, 5.74) is 10.6. The maximum atomic E-state index is 11.4. The lowest BCUT2D eigenvalue weighted by molar-refractivity contribution is -0.0611. The van der Waals surface area contributed by atoms with E-state index in [0.29, 0.717) is 5.02 Å². The zero-order chi connectivity index (χ0) is 20.6. The Bertz CT molecular complexity index is 917. The zero-order valence-electron chi connectivity index (χ0n) is 15.7. The van der Waals surface area contributed by atoms with E-state index in [1.54, 1.807) is 12.3 Å². The number of nitrogens with two attached hydrogens (primary N) is 2. The fraction of sp³-hybridized carbons (Fsp3) is 0.474. The number of piperidine rings is 1. The first-order valence-electron chi connectivity index (χ1n) is 9.44. The Morgan fingerprint density at radius 1 is 1.28 bits per heavy atom. The van der Waals surface area contributed by atoms with Crippen LogP contribution in [0.3, 0.4) is 0 Å². The summed E-state index contributed by atoms with van der Waals surface area (Å²) < 4.78 is 10.5. The molecule has 1 spiro atoms. The van der Waals surface area contributed by atoms with Gasteiger partial charge < -0.3 is 25.6 Å². The fourth-order valence-corrected chi connectivity index (χ4v) is 4.66. The molecule has 4 N–H and O–H groups in total. The average Bonchev–Trinajstić information content (AvgIpc) is 3.15. The van der Waals surface area contributed by atoms with Gasteiger partial charge in [0.05, 0.1) is 0 Å². The fourth-order valence-electron chi connectivity index (χ4n) is 4.50. The molecule has 0 radical (unpaired) electrons. The number of hydrogen-bond donors (Lipinski definition) is 2. The summed E-state index contributed by atoms with van der Waals surface area (Å²) in [6, 6.07) is 5.05. The molecule has 2 aromatic heterocycles. The molecule has 0 bridgehead atoms. The lowest BCUT2D eigenvalue weighted by Crippen LogP contribution is -2.49. The third kappa shape index (κ3) is 4.00. The van der Waals surface area contributed by atoms with Crippen LogP contribution in [-0.2, 0) is 4.74 Å². The van der Waals surface area contributed by atoms with E-state index < -0.39 is 18.1 Å². The quantitative estimate of drug-likeness (QED) is 0.759. The largest absolute Gasteiger partial charge is 0.438 e. The molecule has 1 aliphatic heterocycles. The maximum absolute atomic E-state index is 11.4. The van der Waals surface area contributed by atoms with Gasteiger partial charge in [0.1, 0.15) is 5.82 Å². The second kappa shape index (κ2) is 7.55. The number of primary amides is 2. The van der Waals surface area contributed by atoms with E-state index in [-0.39, 0.29) is 22.8 Å². The topological polar surface area (TPSA) is 138 Å². The number of halogens is 1. The van der Waals surface area contributed by atoms with Crippen LogP contribution in [0.25, 0.3) is 0 Å². The van der Waals surface area contributed by atoms with Crippen LogP contribution in [0, 0.1) is 11.3 Å². The molecule has 2 amide bonds. The van der Waals surface area contributed by atoms with Crippen LogP contribution in [-0.4, -0.2) is 35.2 Å². The van der Waals surface area contributed by atoms with Crippen LogP contribution in [0.15, 0.2) is 28.9 Å². The van der Waals surface area contributed by atoms with E-state index >= 15 is 0 Å². The van der Waals surface area contributed by atoms with Gasteiger partial charge in [-0.05, 0) is 43.2 Å². The summed E-state index contributed by atoms with van der Waals surface area (Å²) in [6.07, 6.45) is 3.89. The van der Waals surface area contributed by atoms with Gasteiger partial charge in [0.2, 0.25) is 0 Å². The van der Waals surface area contributed by atoms with Crippen molar-refractivity contribution in [3.05, 3.63) is 40.9 Å². The monoisotopic (exact) mass is 419 g/mol. The lowest BCUT2D eigenvalue weighted by Gasteiger charge is -2.53. The first-order valence-corrected chi connectivity index (χ1v) is 9.82. The zero-order valence-corrected chi connectivity index (χ0v) is 16.5. The number of anilines is 1. The molecule has 29 heavy (non-hydrogen) atoms. The number of rotatable bonds is 5. The molecular formula is C19H22ClN5O4. The van der Waals surface area contributed by atoms with Gasteiger partial charge in [-0.1, -0.05) is 16.8 Å². The molecule has 1 unspecified atom stereocenters. The van der Waals surface area contributed by atoms with Gasteiger partial charge in [-0.25, -0.2) is 9.78 Å². The first-order chi connectivity index (χ1) is 13.8. The lowest BCUT2D eigenvalue weighted by atomic mass is 9.56. The van der Waals surface area contributed by atoms with Gasteiger partial charge in [-0.3, -0.25) is 4.79 Å². The molecule has 1 saturated heterocycles. The SMILES string of the molecule is NC(=O)OC(c1cc(C(N)=O)no1)C1CC2(CCN(c3cc(Cl)ccn3)CC2)C1. The van der Waals surface area contributed by atoms with Gasteiger partial charge in [0.25, 0.3) is 5.91 Å². The number of carbonyl (C=O) groups is 2. The van der Waals surface area contributed by atoms with E-state index in [2.05, 4.69) is 15.0 Å². The Hall–Kier alpha value is -2.81. The highest BCUT2D eigenvalue weighted by molar-refractivity contribution is 6.30. The van der Waals surface area contributed by atoms with Crippen molar-refractivity contribution < 1.29 is 18.8 Å². The first kappa shape index (κ1) is 19.5. The minimum atomic E-state index is -0.894. The van der Waals surface area contributed by atoms with Crippen molar-refractivity contribution in [1.29, 1.82) is 0 Å². The van der Waals surface area contributed by atoms with Crippen molar-refractivity contribution >= 4 is 29.4 Å². The van der Waals surface area contributed by atoms with Crippen LogP contribution in [0.4, 0.5) is 10.6 Å². The van der Waals surface area contributed by atoms with Crippen LogP contribution in [0.2, 0.25) is 5.02 Å². The highest BCUT2D eigenvalue weighted by Crippen LogP contribution is 2.57. The van der Waals surface area contributed by atoms with E-state index in [1.807, 2.05) is 6.07 Å². The Morgan fingerprint density at radius 3 is 2.59 bits per heavy atom. The number of aromatic nitrogens is 2. The Kier molecular flexibility index (Phi) is 5.08.